The lowest BCUT2D eigenvalue weighted by Crippen LogP contribution is -2.06. The van der Waals surface area contributed by atoms with E-state index in [1.807, 2.05) is 6.07 Å². The molecular weight excluding hydrogens is 279 g/mol. The molecule has 2 aromatic carbocycles. The van der Waals surface area contributed by atoms with Gasteiger partial charge < -0.3 is 9.97 Å². The lowest BCUT2D eigenvalue weighted by molar-refractivity contribution is 0.640. The molecule has 3 nitrogen and oxygen atoms in total. The standard InChI is InChI=1S/C15H8ClFN2O/c16-7-4-5-11-9(6-7)13-12-8(2-1-3-10(12)17)15(20)19-14(13)18-11/h1-6H,(H2,18,19,20). The van der Waals surface area contributed by atoms with E-state index in [1.165, 1.54) is 12.1 Å². The summed E-state index contributed by atoms with van der Waals surface area (Å²) in [5.74, 6) is -0.417. The molecule has 0 aliphatic heterocycles. The van der Waals surface area contributed by atoms with E-state index in [1.54, 1.807) is 18.2 Å². The van der Waals surface area contributed by atoms with Crippen LogP contribution in [0.25, 0.3) is 32.7 Å². The Labute approximate surface area is 117 Å². The highest BCUT2D eigenvalue weighted by molar-refractivity contribution is 6.32. The van der Waals surface area contributed by atoms with E-state index in [0.717, 1.165) is 10.9 Å². The van der Waals surface area contributed by atoms with Gasteiger partial charge in [-0.1, -0.05) is 17.7 Å². The van der Waals surface area contributed by atoms with Crippen molar-refractivity contribution in [2.75, 3.05) is 0 Å². The summed E-state index contributed by atoms with van der Waals surface area (Å²) < 4.78 is 14.2. The fourth-order valence-corrected chi connectivity index (χ4v) is 2.84. The smallest absolute Gasteiger partial charge is 0.257 e. The van der Waals surface area contributed by atoms with Crippen LogP contribution in [-0.2, 0) is 0 Å². The van der Waals surface area contributed by atoms with Crippen LogP contribution in [0.2, 0.25) is 5.02 Å². The average Bonchev–Trinajstić information content (AvgIpc) is 2.76. The molecule has 4 aromatic rings. The number of hydrogen-bond donors (Lipinski definition) is 2. The Morgan fingerprint density at radius 1 is 1.00 bits per heavy atom. The second kappa shape index (κ2) is 3.84. The predicted molar refractivity (Wildman–Crippen MR) is 78.9 cm³/mol. The van der Waals surface area contributed by atoms with E-state index in [2.05, 4.69) is 9.97 Å². The maximum absolute atomic E-state index is 14.2. The Balaban J connectivity index is 2.42. The van der Waals surface area contributed by atoms with Crippen molar-refractivity contribution < 1.29 is 4.39 Å². The SMILES string of the molecule is O=c1[nH]c2[nH]c3ccc(Cl)cc3c2c2c(F)cccc12. The van der Waals surface area contributed by atoms with Gasteiger partial charge in [0.1, 0.15) is 11.5 Å². The first-order valence-corrected chi connectivity index (χ1v) is 6.44. The molecule has 20 heavy (non-hydrogen) atoms. The molecule has 0 unspecified atom stereocenters. The van der Waals surface area contributed by atoms with E-state index in [4.69, 9.17) is 11.6 Å². The maximum atomic E-state index is 14.2. The van der Waals surface area contributed by atoms with Gasteiger partial charge in [0.15, 0.2) is 0 Å². The van der Waals surface area contributed by atoms with Crippen molar-refractivity contribution in [3.63, 3.8) is 0 Å². The maximum Gasteiger partial charge on any atom is 0.257 e. The van der Waals surface area contributed by atoms with Crippen molar-refractivity contribution in [3.8, 4) is 0 Å². The largest absolute Gasteiger partial charge is 0.341 e. The third-order valence-corrected chi connectivity index (χ3v) is 3.74. The van der Waals surface area contributed by atoms with Crippen LogP contribution in [0.15, 0.2) is 41.2 Å². The molecule has 2 heterocycles. The van der Waals surface area contributed by atoms with Gasteiger partial charge >= 0.3 is 0 Å². The molecule has 0 atom stereocenters. The minimum atomic E-state index is -0.417. The zero-order valence-corrected chi connectivity index (χ0v) is 10.9. The lowest BCUT2D eigenvalue weighted by Gasteiger charge is -2.01. The van der Waals surface area contributed by atoms with Gasteiger partial charge in [0, 0.05) is 26.7 Å². The van der Waals surface area contributed by atoms with Gasteiger partial charge in [-0.25, -0.2) is 4.39 Å². The molecule has 2 N–H and O–H groups in total. The van der Waals surface area contributed by atoms with Crippen molar-refractivity contribution in [3.05, 3.63) is 57.6 Å². The fraction of sp³-hybridized carbons (Fsp3) is 0. The molecule has 0 spiro atoms. The Morgan fingerprint density at radius 2 is 1.85 bits per heavy atom. The van der Waals surface area contributed by atoms with Crippen molar-refractivity contribution in [1.29, 1.82) is 0 Å². The number of nitrogens with one attached hydrogen (secondary N) is 2. The van der Waals surface area contributed by atoms with E-state index in [0.29, 0.717) is 26.8 Å². The van der Waals surface area contributed by atoms with Crippen LogP contribution in [0.5, 0.6) is 0 Å². The van der Waals surface area contributed by atoms with Crippen LogP contribution >= 0.6 is 11.6 Å². The second-order valence-electron chi connectivity index (χ2n) is 4.68. The quantitative estimate of drug-likeness (QED) is 0.505. The summed E-state index contributed by atoms with van der Waals surface area (Å²) in [5, 5.41) is 2.65. The summed E-state index contributed by atoms with van der Waals surface area (Å²) in [7, 11) is 0. The van der Waals surface area contributed by atoms with Crippen LogP contribution in [0.3, 0.4) is 0 Å². The summed E-state index contributed by atoms with van der Waals surface area (Å²) in [5.41, 5.74) is 0.991. The number of pyridine rings is 1. The molecule has 98 valence electrons. The minimum Gasteiger partial charge on any atom is -0.341 e. The Kier molecular flexibility index (Phi) is 2.20. The van der Waals surface area contributed by atoms with Crippen molar-refractivity contribution in [2.24, 2.45) is 0 Å². The number of fused-ring (bicyclic) bond motifs is 5. The van der Waals surface area contributed by atoms with Crippen LogP contribution in [0, 0.1) is 5.82 Å². The van der Waals surface area contributed by atoms with Gasteiger partial charge in [0.05, 0.1) is 5.39 Å². The summed E-state index contributed by atoms with van der Waals surface area (Å²) >= 11 is 6.02. The molecule has 0 amide bonds. The van der Waals surface area contributed by atoms with Crippen molar-refractivity contribution >= 4 is 44.3 Å². The molecule has 0 radical (unpaired) electrons. The number of aromatic nitrogens is 2. The normalized spacial score (nSPS) is 11.7. The average molecular weight is 287 g/mol. The molecule has 0 aliphatic carbocycles. The zero-order valence-electron chi connectivity index (χ0n) is 10.1. The number of aromatic amines is 2. The monoisotopic (exact) mass is 286 g/mol. The summed E-state index contributed by atoms with van der Waals surface area (Å²) in [6.07, 6.45) is 0. The van der Waals surface area contributed by atoms with Crippen LogP contribution < -0.4 is 5.56 Å². The number of benzene rings is 2. The van der Waals surface area contributed by atoms with Crippen LogP contribution in [-0.4, -0.2) is 9.97 Å². The summed E-state index contributed by atoms with van der Waals surface area (Å²) in [4.78, 5) is 17.9. The van der Waals surface area contributed by atoms with E-state index in [-0.39, 0.29) is 5.56 Å². The Morgan fingerprint density at radius 3 is 2.70 bits per heavy atom. The highest BCUT2D eigenvalue weighted by Gasteiger charge is 2.14. The molecule has 0 fully saturated rings. The third-order valence-electron chi connectivity index (χ3n) is 3.51. The topological polar surface area (TPSA) is 48.6 Å². The van der Waals surface area contributed by atoms with Crippen LogP contribution in [0.4, 0.5) is 4.39 Å². The fourth-order valence-electron chi connectivity index (χ4n) is 2.67. The second-order valence-corrected chi connectivity index (χ2v) is 5.12. The van der Waals surface area contributed by atoms with Crippen LogP contribution in [0.1, 0.15) is 0 Å². The zero-order chi connectivity index (χ0) is 13.9. The van der Waals surface area contributed by atoms with Crippen molar-refractivity contribution in [2.45, 2.75) is 0 Å². The highest BCUT2D eigenvalue weighted by Crippen LogP contribution is 2.32. The van der Waals surface area contributed by atoms with Gasteiger partial charge in [-0.05, 0) is 30.3 Å². The Hall–Kier alpha value is -2.33. The first kappa shape index (κ1) is 11.5. The number of hydrogen-bond acceptors (Lipinski definition) is 1. The molecule has 4 rings (SSSR count). The highest BCUT2D eigenvalue weighted by atomic mass is 35.5. The first-order chi connectivity index (χ1) is 9.65. The van der Waals surface area contributed by atoms with E-state index in [9.17, 15) is 9.18 Å². The molecule has 0 saturated carbocycles. The predicted octanol–water partition coefficient (Wildman–Crippen LogP) is 3.96. The first-order valence-electron chi connectivity index (χ1n) is 6.06. The minimum absolute atomic E-state index is 0.315. The number of rotatable bonds is 0. The van der Waals surface area contributed by atoms with Gasteiger partial charge in [-0.2, -0.15) is 0 Å². The molecule has 2 aromatic heterocycles. The number of H-pyrrole nitrogens is 2. The van der Waals surface area contributed by atoms with Gasteiger partial charge in [-0.3, -0.25) is 4.79 Å². The van der Waals surface area contributed by atoms with E-state index >= 15 is 0 Å². The van der Waals surface area contributed by atoms with Gasteiger partial charge in [0.25, 0.3) is 5.56 Å². The van der Waals surface area contributed by atoms with Gasteiger partial charge in [0.2, 0.25) is 0 Å². The van der Waals surface area contributed by atoms with Crippen molar-refractivity contribution in [1.82, 2.24) is 9.97 Å². The third kappa shape index (κ3) is 1.42. The van der Waals surface area contributed by atoms with Gasteiger partial charge in [-0.15, -0.1) is 0 Å². The Bertz CT molecular complexity index is 1050. The molecule has 0 aliphatic rings. The molecule has 5 heteroatoms. The summed E-state index contributed by atoms with van der Waals surface area (Å²) in [6, 6.07) is 9.81. The molecule has 0 bridgehead atoms. The lowest BCUT2D eigenvalue weighted by atomic mass is 10.1. The number of halogens is 2. The summed E-state index contributed by atoms with van der Waals surface area (Å²) in [6.45, 7) is 0. The molecule has 0 saturated heterocycles. The van der Waals surface area contributed by atoms with E-state index < -0.39 is 5.82 Å². The molecular formula is C15H8ClFN2O.